The van der Waals surface area contributed by atoms with E-state index in [2.05, 4.69) is 10.3 Å². The Hall–Kier alpha value is -1.82. The maximum Gasteiger partial charge on any atom is 0.335 e. The summed E-state index contributed by atoms with van der Waals surface area (Å²) in [6.45, 7) is 4.14. The fourth-order valence-corrected chi connectivity index (χ4v) is 1.67. The molecule has 104 valence electrons. The van der Waals surface area contributed by atoms with Gasteiger partial charge in [0, 0.05) is 13.6 Å². The largest absolute Gasteiger partial charge is 0.478 e. The third kappa shape index (κ3) is 4.10. The first-order chi connectivity index (χ1) is 8.85. The van der Waals surface area contributed by atoms with E-state index in [1.54, 1.807) is 18.9 Å². The number of nitrogens with one attached hydrogen (secondary N) is 1. The molecule has 6 nitrogen and oxygen atoms in total. The van der Waals surface area contributed by atoms with Gasteiger partial charge in [-0.25, -0.2) is 9.78 Å². The van der Waals surface area contributed by atoms with Crippen LogP contribution in [-0.4, -0.2) is 46.5 Å². The first-order valence-electron chi connectivity index (χ1n) is 5.77. The molecule has 0 fully saturated rings. The van der Waals surface area contributed by atoms with Crippen molar-refractivity contribution in [2.24, 2.45) is 0 Å². The number of pyridine rings is 1. The molecule has 0 bridgehead atoms. The Morgan fingerprint density at radius 2 is 2.16 bits per heavy atom. The second kappa shape index (κ2) is 6.38. The second-order valence-corrected chi connectivity index (χ2v) is 4.47. The molecule has 0 aromatic carbocycles. The van der Waals surface area contributed by atoms with Gasteiger partial charge in [-0.2, -0.15) is 0 Å². The minimum Gasteiger partial charge on any atom is -0.478 e. The summed E-state index contributed by atoms with van der Waals surface area (Å²) in [6.07, 6.45) is 0. The molecule has 1 atom stereocenters. The third-order valence-corrected chi connectivity index (χ3v) is 2.82. The third-order valence-electron chi connectivity index (χ3n) is 2.63. The first-order valence-corrected chi connectivity index (χ1v) is 6.15. The van der Waals surface area contributed by atoms with Gasteiger partial charge in [0.2, 0.25) is 5.91 Å². The molecule has 1 amide bonds. The Balaban J connectivity index is 2.87. The smallest absolute Gasteiger partial charge is 0.335 e. The van der Waals surface area contributed by atoms with Gasteiger partial charge >= 0.3 is 5.97 Å². The van der Waals surface area contributed by atoms with E-state index in [1.807, 2.05) is 6.92 Å². The molecule has 0 saturated heterocycles. The van der Waals surface area contributed by atoms with Gasteiger partial charge in [0.25, 0.3) is 0 Å². The van der Waals surface area contributed by atoms with E-state index in [0.717, 1.165) is 0 Å². The molecule has 2 N–H and O–H groups in total. The molecule has 0 aliphatic carbocycles. The standard InChI is InChI=1S/C12H16ClN3O3/c1-4-16(3)11(17)7(2)14-10-6-8(12(18)19)5-9(13)15-10/h5-7H,4H2,1-3H3,(H,14,15)(H,18,19). The molecular formula is C12H16ClN3O3. The van der Waals surface area contributed by atoms with Crippen LogP contribution in [0.3, 0.4) is 0 Å². The number of carbonyl (C=O) groups is 2. The van der Waals surface area contributed by atoms with Crippen molar-refractivity contribution in [1.82, 2.24) is 9.88 Å². The number of amides is 1. The minimum absolute atomic E-state index is 0.0194. The van der Waals surface area contributed by atoms with E-state index in [0.29, 0.717) is 6.54 Å². The van der Waals surface area contributed by atoms with Gasteiger partial charge in [0.1, 0.15) is 17.0 Å². The summed E-state index contributed by atoms with van der Waals surface area (Å²) in [7, 11) is 1.69. The zero-order valence-corrected chi connectivity index (χ0v) is 11.7. The number of carboxylic acid groups (broad SMARTS) is 1. The lowest BCUT2D eigenvalue weighted by atomic mass is 10.2. The highest BCUT2D eigenvalue weighted by Crippen LogP contribution is 2.15. The molecule has 0 aliphatic rings. The van der Waals surface area contributed by atoms with Crippen molar-refractivity contribution in [2.45, 2.75) is 19.9 Å². The molecule has 19 heavy (non-hydrogen) atoms. The lowest BCUT2D eigenvalue weighted by Crippen LogP contribution is -2.39. The average Bonchev–Trinajstić information content (AvgIpc) is 2.35. The summed E-state index contributed by atoms with van der Waals surface area (Å²) in [5.41, 5.74) is 0.0194. The van der Waals surface area contributed by atoms with Crippen molar-refractivity contribution < 1.29 is 14.7 Å². The van der Waals surface area contributed by atoms with Gasteiger partial charge in [-0.1, -0.05) is 11.6 Å². The number of carbonyl (C=O) groups excluding carboxylic acids is 1. The molecule has 1 aromatic rings. The number of halogens is 1. The van der Waals surface area contributed by atoms with Gasteiger partial charge < -0.3 is 15.3 Å². The molecule has 0 radical (unpaired) electrons. The van der Waals surface area contributed by atoms with Crippen molar-refractivity contribution in [3.8, 4) is 0 Å². The number of likely N-dealkylation sites (N-methyl/N-ethyl adjacent to an activating group) is 1. The Labute approximate surface area is 116 Å². The van der Waals surface area contributed by atoms with Crippen molar-refractivity contribution in [1.29, 1.82) is 0 Å². The topological polar surface area (TPSA) is 82.5 Å². The number of carboxylic acids is 1. The normalized spacial score (nSPS) is 11.8. The van der Waals surface area contributed by atoms with Crippen LogP contribution in [0.2, 0.25) is 5.15 Å². The quantitative estimate of drug-likeness (QED) is 0.805. The van der Waals surface area contributed by atoms with Gasteiger partial charge in [-0.15, -0.1) is 0 Å². The van der Waals surface area contributed by atoms with Gasteiger partial charge in [-0.3, -0.25) is 4.79 Å². The summed E-state index contributed by atoms with van der Waals surface area (Å²) in [6, 6.07) is 2.07. The maximum atomic E-state index is 11.9. The van der Waals surface area contributed by atoms with E-state index in [-0.39, 0.29) is 22.4 Å². The monoisotopic (exact) mass is 285 g/mol. The second-order valence-electron chi connectivity index (χ2n) is 4.09. The van der Waals surface area contributed by atoms with Crippen LogP contribution in [-0.2, 0) is 4.79 Å². The van der Waals surface area contributed by atoms with Crippen LogP contribution in [0, 0.1) is 0 Å². The summed E-state index contributed by atoms with van der Waals surface area (Å²) >= 11 is 5.74. The Kier molecular flexibility index (Phi) is 5.11. The van der Waals surface area contributed by atoms with Crippen LogP contribution in [0.1, 0.15) is 24.2 Å². The van der Waals surface area contributed by atoms with Crippen molar-refractivity contribution in [3.05, 3.63) is 22.8 Å². The first kappa shape index (κ1) is 15.2. The van der Waals surface area contributed by atoms with E-state index in [4.69, 9.17) is 16.7 Å². The zero-order chi connectivity index (χ0) is 14.6. The number of aromatic nitrogens is 1. The number of rotatable bonds is 5. The zero-order valence-electron chi connectivity index (χ0n) is 11.0. The van der Waals surface area contributed by atoms with Crippen molar-refractivity contribution in [3.63, 3.8) is 0 Å². The average molecular weight is 286 g/mol. The fourth-order valence-electron chi connectivity index (χ4n) is 1.46. The van der Waals surface area contributed by atoms with E-state index in [9.17, 15) is 9.59 Å². The van der Waals surface area contributed by atoms with Crippen LogP contribution in [0.5, 0.6) is 0 Å². The molecule has 1 rings (SSSR count). The Morgan fingerprint density at radius 1 is 1.53 bits per heavy atom. The highest BCUT2D eigenvalue weighted by molar-refractivity contribution is 6.29. The predicted molar refractivity (Wildman–Crippen MR) is 72.6 cm³/mol. The minimum atomic E-state index is -1.10. The molecule has 1 aromatic heterocycles. The van der Waals surface area contributed by atoms with E-state index >= 15 is 0 Å². The molecule has 0 saturated carbocycles. The highest BCUT2D eigenvalue weighted by atomic mass is 35.5. The van der Waals surface area contributed by atoms with Gasteiger partial charge in [0.05, 0.1) is 5.56 Å². The molecule has 1 unspecified atom stereocenters. The molecule has 0 aliphatic heterocycles. The van der Waals surface area contributed by atoms with Crippen molar-refractivity contribution in [2.75, 3.05) is 18.9 Å². The Bertz CT molecular complexity index is 493. The lowest BCUT2D eigenvalue weighted by Gasteiger charge is -2.21. The summed E-state index contributed by atoms with van der Waals surface area (Å²) in [5, 5.41) is 11.8. The molecular weight excluding hydrogens is 270 g/mol. The fraction of sp³-hybridized carbons (Fsp3) is 0.417. The van der Waals surface area contributed by atoms with Gasteiger partial charge in [-0.05, 0) is 26.0 Å². The number of hydrogen-bond acceptors (Lipinski definition) is 4. The van der Waals surface area contributed by atoms with Crippen LogP contribution in [0.4, 0.5) is 5.82 Å². The summed E-state index contributed by atoms with van der Waals surface area (Å²) in [5.74, 6) is -0.951. The predicted octanol–water partition coefficient (Wildman–Crippen LogP) is 1.71. The van der Waals surface area contributed by atoms with E-state index in [1.165, 1.54) is 12.1 Å². The molecule has 7 heteroatoms. The Morgan fingerprint density at radius 3 is 2.68 bits per heavy atom. The van der Waals surface area contributed by atoms with Crippen LogP contribution < -0.4 is 5.32 Å². The summed E-state index contributed by atoms with van der Waals surface area (Å²) in [4.78, 5) is 28.3. The number of aromatic carboxylic acids is 1. The van der Waals surface area contributed by atoms with E-state index < -0.39 is 12.0 Å². The lowest BCUT2D eigenvalue weighted by molar-refractivity contribution is -0.130. The SMILES string of the molecule is CCN(C)C(=O)C(C)Nc1cc(C(=O)O)cc(Cl)n1. The highest BCUT2D eigenvalue weighted by Gasteiger charge is 2.17. The number of anilines is 1. The number of hydrogen-bond donors (Lipinski definition) is 2. The van der Waals surface area contributed by atoms with Gasteiger partial charge in [0.15, 0.2) is 0 Å². The van der Waals surface area contributed by atoms with Crippen LogP contribution >= 0.6 is 11.6 Å². The number of nitrogens with zero attached hydrogens (tertiary/aromatic N) is 2. The summed E-state index contributed by atoms with van der Waals surface area (Å²) < 4.78 is 0. The van der Waals surface area contributed by atoms with Crippen LogP contribution in [0.15, 0.2) is 12.1 Å². The molecule has 0 spiro atoms. The molecule has 1 heterocycles. The van der Waals surface area contributed by atoms with Crippen LogP contribution in [0.25, 0.3) is 0 Å². The van der Waals surface area contributed by atoms with Crippen molar-refractivity contribution >= 4 is 29.3 Å². The maximum absolute atomic E-state index is 11.9.